The number of aryl methyl sites for hydroxylation is 1. The van der Waals surface area contributed by atoms with Gasteiger partial charge in [-0.15, -0.1) is 0 Å². The molecule has 0 spiro atoms. The number of ether oxygens (including phenoxy) is 1. The van der Waals surface area contributed by atoms with Crippen LogP contribution < -0.4 is 11.1 Å². The second-order valence-corrected chi connectivity index (χ2v) is 4.69. The van der Waals surface area contributed by atoms with Crippen molar-refractivity contribution < 1.29 is 23.2 Å². The van der Waals surface area contributed by atoms with Gasteiger partial charge in [0.05, 0.1) is 11.4 Å². The highest BCUT2D eigenvalue weighted by molar-refractivity contribution is 6.30. The van der Waals surface area contributed by atoms with Crippen LogP contribution in [0, 0.1) is 12.7 Å². The molecule has 1 aromatic heterocycles. The minimum atomic E-state index is -0.863. The smallest absolute Gasteiger partial charge is 0.346 e. The Bertz CT molecular complexity index is 713. The minimum Gasteiger partial charge on any atom is -0.452 e. The number of carbonyl (C=O) groups excluding carboxylic acids is 2. The number of aromatic nitrogens is 1. The van der Waals surface area contributed by atoms with Crippen LogP contribution in [-0.2, 0) is 9.53 Å². The lowest BCUT2D eigenvalue weighted by atomic mass is 10.2. The van der Waals surface area contributed by atoms with E-state index in [9.17, 15) is 14.0 Å². The predicted octanol–water partition coefficient (Wildman–Crippen LogP) is 2.15. The lowest BCUT2D eigenvalue weighted by Crippen LogP contribution is -2.22. The Labute approximate surface area is 129 Å². The predicted molar refractivity (Wildman–Crippen MR) is 76.0 cm³/mol. The second-order valence-electron chi connectivity index (χ2n) is 4.26. The Hall–Kier alpha value is -2.61. The van der Waals surface area contributed by atoms with Gasteiger partial charge in [-0.1, -0.05) is 16.8 Å². The molecule has 9 heteroatoms. The number of nitrogens with one attached hydrogen (secondary N) is 1. The van der Waals surface area contributed by atoms with Crippen LogP contribution in [0.15, 0.2) is 22.7 Å². The molecule has 0 aliphatic heterocycles. The zero-order valence-electron chi connectivity index (χ0n) is 11.4. The molecule has 0 unspecified atom stereocenters. The summed E-state index contributed by atoms with van der Waals surface area (Å²) < 4.78 is 22.8. The summed E-state index contributed by atoms with van der Waals surface area (Å²) in [6.45, 7) is 0.868. The summed E-state index contributed by atoms with van der Waals surface area (Å²) >= 11 is 5.70. The van der Waals surface area contributed by atoms with Crippen LogP contribution in [-0.4, -0.2) is 23.6 Å². The summed E-state index contributed by atoms with van der Waals surface area (Å²) in [5.41, 5.74) is 5.48. The van der Waals surface area contributed by atoms with Gasteiger partial charge in [-0.05, 0) is 25.1 Å². The van der Waals surface area contributed by atoms with Gasteiger partial charge in [0.25, 0.3) is 5.91 Å². The van der Waals surface area contributed by atoms with E-state index in [0.717, 1.165) is 6.07 Å². The molecule has 0 saturated heterocycles. The largest absolute Gasteiger partial charge is 0.452 e. The molecule has 0 radical (unpaired) electrons. The third kappa shape index (κ3) is 3.53. The molecule has 3 N–H and O–H groups in total. The zero-order chi connectivity index (χ0) is 16.3. The van der Waals surface area contributed by atoms with E-state index in [-0.39, 0.29) is 27.9 Å². The summed E-state index contributed by atoms with van der Waals surface area (Å²) in [5.74, 6) is -2.47. The van der Waals surface area contributed by atoms with Gasteiger partial charge in [-0.3, -0.25) is 4.79 Å². The average molecular weight is 328 g/mol. The fraction of sp³-hybridized carbons (Fsp3) is 0.154. The van der Waals surface area contributed by atoms with E-state index in [1.807, 2.05) is 0 Å². The molecule has 116 valence electrons. The molecule has 0 aliphatic rings. The summed E-state index contributed by atoms with van der Waals surface area (Å²) in [4.78, 5) is 23.4. The highest BCUT2D eigenvalue weighted by Crippen LogP contribution is 2.20. The molecule has 2 aromatic rings. The Morgan fingerprint density at radius 2 is 2.23 bits per heavy atom. The number of rotatable bonds is 4. The highest BCUT2D eigenvalue weighted by Gasteiger charge is 2.21. The molecule has 0 fully saturated rings. The van der Waals surface area contributed by atoms with Crippen LogP contribution in [0.25, 0.3) is 0 Å². The molecule has 0 bridgehead atoms. The molecule has 1 heterocycles. The van der Waals surface area contributed by atoms with Crippen LogP contribution in [0.2, 0.25) is 5.02 Å². The molecule has 0 atom stereocenters. The first-order valence-electron chi connectivity index (χ1n) is 6.02. The summed E-state index contributed by atoms with van der Waals surface area (Å²) in [6.07, 6.45) is 0. The number of amides is 1. The van der Waals surface area contributed by atoms with Crippen molar-refractivity contribution in [3.63, 3.8) is 0 Å². The van der Waals surface area contributed by atoms with Gasteiger partial charge >= 0.3 is 5.97 Å². The SMILES string of the molecule is Cc1noc(N)c1C(=O)OCC(=O)Nc1cc(Cl)ccc1F. The van der Waals surface area contributed by atoms with Crippen LogP contribution in [0.1, 0.15) is 16.1 Å². The fourth-order valence-corrected chi connectivity index (χ4v) is 1.79. The number of nitrogens with zero attached hydrogens (tertiary/aromatic N) is 1. The van der Waals surface area contributed by atoms with E-state index in [4.69, 9.17) is 22.1 Å². The van der Waals surface area contributed by atoms with Gasteiger partial charge < -0.3 is 20.3 Å². The zero-order valence-corrected chi connectivity index (χ0v) is 12.1. The monoisotopic (exact) mass is 327 g/mol. The third-order valence-corrected chi connectivity index (χ3v) is 2.87. The van der Waals surface area contributed by atoms with Crippen LogP contribution in [0.3, 0.4) is 0 Å². The van der Waals surface area contributed by atoms with Crippen molar-refractivity contribution in [1.82, 2.24) is 5.16 Å². The fourth-order valence-electron chi connectivity index (χ4n) is 1.62. The van der Waals surface area contributed by atoms with Crippen molar-refractivity contribution in [3.05, 3.63) is 40.3 Å². The van der Waals surface area contributed by atoms with Crippen molar-refractivity contribution in [3.8, 4) is 0 Å². The minimum absolute atomic E-state index is 0.0539. The van der Waals surface area contributed by atoms with E-state index in [0.29, 0.717) is 0 Å². The van der Waals surface area contributed by atoms with Gasteiger partial charge in [-0.2, -0.15) is 0 Å². The normalized spacial score (nSPS) is 10.3. The Morgan fingerprint density at radius 1 is 1.50 bits per heavy atom. The Balaban J connectivity index is 1.96. The van der Waals surface area contributed by atoms with Gasteiger partial charge in [0.1, 0.15) is 11.4 Å². The molecular formula is C13H11ClFN3O4. The number of benzene rings is 1. The van der Waals surface area contributed by atoms with Gasteiger partial charge in [0, 0.05) is 5.02 Å². The van der Waals surface area contributed by atoms with Gasteiger partial charge in [-0.25, -0.2) is 9.18 Å². The van der Waals surface area contributed by atoms with Crippen molar-refractivity contribution in [2.24, 2.45) is 0 Å². The average Bonchev–Trinajstić information content (AvgIpc) is 2.80. The Morgan fingerprint density at radius 3 is 2.86 bits per heavy atom. The summed E-state index contributed by atoms with van der Waals surface area (Å²) in [5, 5.41) is 5.97. The molecule has 7 nitrogen and oxygen atoms in total. The van der Waals surface area contributed by atoms with Crippen LogP contribution >= 0.6 is 11.6 Å². The van der Waals surface area contributed by atoms with Crippen LogP contribution in [0.4, 0.5) is 16.0 Å². The molecule has 0 aliphatic carbocycles. The topological polar surface area (TPSA) is 107 Å². The molecule has 2 rings (SSSR count). The first-order chi connectivity index (χ1) is 10.4. The maximum atomic E-state index is 13.4. The van der Waals surface area contributed by atoms with Gasteiger partial charge in [0.2, 0.25) is 5.88 Å². The number of carbonyl (C=O) groups is 2. The molecule has 1 aromatic carbocycles. The van der Waals surface area contributed by atoms with E-state index in [2.05, 4.69) is 15.0 Å². The number of hydrogen-bond acceptors (Lipinski definition) is 6. The van der Waals surface area contributed by atoms with Crippen LogP contribution in [0.5, 0.6) is 0 Å². The second kappa shape index (κ2) is 6.44. The lowest BCUT2D eigenvalue weighted by molar-refractivity contribution is -0.119. The number of nitrogens with two attached hydrogens (primary N) is 1. The molecule has 0 saturated carbocycles. The first kappa shape index (κ1) is 15.8. The number of esters is 1. The van der Waals surface area contributed by atoms with Gasteiger partial charge in [0.15, 0.2) is 6.61 Å². The van der Waals surface area contributed by atoms with E-state index in [1.54, 1.807) is 0 Å². The third-order valence-electron chi connectivity index (χ3n) is 2.63. The Kier molecular flexibility index (Phi) is 4.62. The van der Waals surface area contributed by atoms with E-state index < -0.39 is 24.3 Å². The molecule has 1 amide bonds. The number of halogens is 2. The highest BCUT2D eigenvalue weighted by atomic mass is 35.5. The molecule has 22 heavy (non-hydrogen) atoms. The maximum absolute atomic E-state index is 13.4. The quantitative estimate of drug-likeness (QED) is 0.833. The van der Waals surface area contributed by atoms with E-state index in [1.165, 1.54) is 19.1 Å². The standard InChI is InChI=1S/C13H11ClFN3O4/c1-6-11(12(16)22-18-6)13(20)21-5-10(19)17-9-4-7(14)2-3-8(9)15/h2-4H,5,16H2,1H3,(H,17,19). The van der Waals surface area contributed by atoms with E-state index >= 15 is 0 Å². The summed E-state index contributed by atoms with van der Waals surface area (Å²) in [7, 11) is 0. The van der Waals surface area contributed by atoms with Crippen molar-refractivity contribution in [1.29, 1.82) is 0 Å². The maximum Gasteiger partial charge on any atom is 0.346 e. The lowest BCUT2D eigenvalue weighted by Gasteiger charge is -2.07. The number of nitrogen functional groups attached to an aromatic ring is 1. The van der Waals surface area contributed by atoms with Crippen molar-refractivity contribution in [2.45, 2.75) is 6.92 Å². The number of anilines is 2. The summed E-state index contributed by atoms with van der Waals surface area (Å²) in [6, 6.07) is 3.67. The number of hydrogen-bond donors (Lipinski definition) is 2. The first-order valence-corrected chi connectivity index (χ1v) is 6.40. The van der Waals surface area contributed by atoms with Crippen molar-refractivity contribution >= 4 is 35.0 Å². The van der Waals surface area contributed by atoms with Crippen molar-refractivity contribution in [2.75, 3.05) is 17.7 Å². The molecular weight excluding hydrogens is 317 g/mol.